The van der Waals surface area contributed by atoms with Crippen LogP contribution in [-0.4, -0.2) is 36.5 Å². The summed E-state index contributed by atoms with van der Waals surface area (Å²) in [4.78, 5) is 11.7. The van der Waals surface area contributed by atoms with Crippen LogP contribution >= 0.6 is 12.8 Å². The average molecular weight is 320 g/mol. The Labute approximate surface area is 130 Å². The zero-order valence-corrected chi connectivity index (χ0v) is 12.4. The zero-order chi connectivity index (χ0) is 15.5. The maximum atomic E-state index is 11.7. The first kappa shape index (κ1) is 14.2. The summed E-state index contributed by atoms with van der Waals surface area (Å²) in [5.41, 5.74) is 0.715. The quantitative estimate of drug-likeness (QED) is 0.662. The third-order valence-corrected chi connectivity index (χ3v) is 3.17. The molecular formula is C12H12N6O3S. The third kappa shape index (κ3) is 2.68. The largest absolute Gasteiger partial charge is 0.496 e. The maximum absolute atomic E-state index is 11.7. The molecule has 22 heavy (non-hydrogen) atoms. The second-order valence-corrected chi connectivity index (χ2v) is 4.65. The van der Waals surface area contributed by atoms with Crippen molar-refractivity contribution in [2.75, 3.05) is 7.11 Å². The second kappa shape index (κ2) is 5.93. The fourth-order valence-electron chi connectivity index (χ4n) is 1.97. The number of rotatable bonds is 5. The van der Waals surface area contributed by atoms with Crippen LogP contribution in [0.2, 0.25) is 0 Å². The summed E-state index contributed by atoms with van der Waals surface area (Å²) < 4.78 is 13.4. The Morgan fingerprint density at radius 1 is 1.36 bits per heavy atom. The molecule has 0 radical (unpaired) electrons. The molecule has 3 rings (SSSR count). The number of tetrazole rings is 1. The molecule has 0 amide bonds. The van der Waals surface area contributed by atoms with E-state index in [1.54, 1.807) is 30.5 Å². The Hall–Kier alpha value is -2.75. The minimum absolute atomic E-state index is 0.142. The second-order valence-electron chi connectivity index (χ2n) is 4.24. The number of ether oxygens (including phenoxy) is 2. The summed E-state index contributed by atoms with van der Waals surface area (Å²) in [7, 11) is 1.54. The highest BCUT2D eigenvalue weighted by Crippen LogP contribution is 2.25. The van der Waals surface area contributed by atoms with Crippen molar-refractivity contribution in [1.82, 2.24) is 29.4 Å². The van der Waals surface area contributed by atoms with Gasteiger partial charge in [-0.1, -0.05) is 6.07 Å². The monoisotopic (exact) mass is 320 g/mol. The molecule has 0 unspecified atom stereocenters. The van der Waals surface area contributed by atoms with Gasteiger partial charge in [0.15, 0.2) is 0 Å². The van der Waals surface area contributed by atoms with Crippen LogP contribution in [0.3, 0.4) is 0 Å². The van der Waals surface area contributed by atoms with Crippen molar-refractivity contribution in [3.8, 4) is 17.3 Å². The first-order valence-corrected chi connectivity index (χ1v) is 6.63. The van der Waals surface area contributed by atoms with Gasteiger partial charge in [0.25, 0.3) is 0 Å². The molecule has 0 aliphatic heterocycles. The van der Waals surface area contributed by atoms with Crippen molar-refractivity contribution in [2.45, 2.75) is 6.61 Å². The highest BCUT2D eigenvalue weighted by atomic mass is 32.1. The standard InChI is InChI=1S/C12H12N6O3S/c1-20-10-4-2-3-9(18-12(19)13-15-16-18)8(10)7-21-11-5-6-17(22)14-11/h2-6,22H,7H2,1H3,(H,13,16,19). The zero-order valence-electron chi connectivity index (χ0n) is 11.5. The number of methoxy groups -OCH3 is 1. The van der Waals surface area contributed by atoms with Gasteiger partial charge in [0.2, 0.25) is 5.88 Å². The van der Waals surface area contributed by atoms with Crippen LogP contribution in [0.1, 0.15) is 5.56 Å². The minimum atomic E-state index is -0.450. The minimum Gasteiger partial charge on any atom is -0.496 e. The van der Waals surface area contributed by atoms with Crippen LogP contribution in [0.25, 0.3) is 5.69 Å². The van der Waals surface area contributed by atoms with Gasteiger partial charge in [-0.2, -0.15) is 4.68 Å². The van der Waals surface area contributed by atoms with Crippen LogP contribution in [0.4, 0.5) is 0 Å². The van der Waals surface area contributed by atoms with Gasteiger partial charge in [-0.05, 0) is 35.4 Å². The van der Waals surface area contributed by atoms with E-state index in [0.717, 1.165) is 4.68 Å². The van der Waals surface area contributed by atoms with E-state index in [1.807, 2.05) is 0 Å². The Kier molecular flexibility index (Phi) is 3.83. The number of thiol groups is 1. The summed E-state index contributed by atoms with van der Waals surface area (Å²) >= 11 is 4.04. The van der Waals surface area contributed by atoms with E-state index >= 15 is 0 Å². The number of benzene rings is 1. The molecule has 0 aliphatic carbocycles. The van der Waals surface area contributed by atoms with Crippen LogP contribution < -0.4 is 15.2 Å². The van der Waals surface area contributed by atoms with Crippen molar-refractivity contribution in [3.05, 3.63) is 46.5 Å². The van der Waals surface area contributed by atoms with Crippen LogP contribution in [-0.2, 0) is 6.61 Å². The molecule has 0 saturated carbocycles. The van der Waals surface area contributed by atoms with Gasteiger partial charge >= 0.3 is 5.69 Å². The Bertz CT molecular complexity index is 839. The molecule has 1 N–H and O–H groups in total. The maximum Gasteiger partial charge on any atom is 0.365 e. The molecule has 0 spiro atoms. The number of aromatic nitrogens is 6. The molecule has 2 heterocycles. The van der Waals surface area contributed by atoms with Crippen molar-refractivity contribution in [1.29, 1.82) is 0 Å². The smallest absolute Gasteiger partial charge is 0.365 e. The van der Waals surface area contributed by atoms with Crippen molar-refractivity contribution >= 4 is 12.8 Å². The first-order chi connectivity index (χ1) is 10.7. The molecule has 0 fully saturated rings. The van der Waals surface area contributed by atoms with E-state index in [0.29, 0.717) is 22.9 Å². The van der Waals surface area contributed by atoms with E-state index in [4.69, 9.17) is 9.47 Å². The van der Waals surface area contributed by atoms with E-state index in [2.05, 4.69) is 33.4 Å². The van der Waals surface area contributed by atoms with E-state index in [9.17, 15) is 4.79 Å². The first-order valence-electron chi connectivity index (χ1n) is 6.23. The highest BCUT2D eigenvalue weighted by molar-refractivity contribution is 7.78. The van der Waals surface area contributed by atoms with Crippen LogP contribution in [0.5, 0.6) is 11.6 Å². The Balaban J connectivity index is 1.97. The van der Waals surface area contributed by atoms with Crippen LogP contribution in [0, 0.1) is 0 Å². The Morgan fingerprint density at radius 3 is 2.86 bits per heavy atom. The number of H-pyrrole nitrogens is 1. The SMILES string of the molecule is COc1cccc(-n2nn[nH]c2=O)c1COc1ccn(S)n1. The lowest BCUT2D eigenvalue weighted by molar-refractivity contribution is 0.284. The number of hydrogen-bond donors (Lipinski definition) is 2. The summed E-state index contributed by atoms with van der Waals surface area (Å²) in [5, 5.41) is 13.5. The summed E-state index contributed by atoms with van der Waals surface area (Å²) in [6.45, 7) is 0.142. The lowest BCUT2D eigenvalue weighted by atomic mass is 10.1. The van der Waals surface area contributed by atoms with Gasteiger partial charge in [0.05, 0.1) is 18.4 Å². The van der Waals surface area contributed by atoms with E-state index in [-0.39, 0.29) is 6.61 Å². The summed E-state index contributed by atoms with van der Waals surface area (Å²) in [6, 6.07) is 6.92. The van der Waals surface area contributed by atoms with Crippen LogP contribution in [0.15, 0.2) is 35.3 Å². The summed E-state index contributed by atoms with van der Waals surface area (Å²) in [5.74, 6) is 0.970. The van der Waals surface area contributed by atoms with E-state index < -0.39 is 5.69 Å². The fraction of sp³-hybridized carbons (Fsp3) is 0.167. The van der Waals surface area contributed by atoms with Crippen molar-refractivity contribution < 1.29 is 9.47 Å². The van der Waals surface area contributed by atoms with Gasteiger partial charge < -0.3 is 9.47 Å². The molecular weight excluding hydrogens is 308 g/mol. The number of hydrogen-bond acceptors (Lipinski definition) is 7. The third-order valence-electron chi connectivity index (χ3n) is 2.94. The topological polar surface area (TPSA) is 99.9 Å². The normalized spacial score (nSPS) is 10.6. The molecule has 10 heteroatoms. The fourth-order valence-corrected chi connectivity index (χ4v) is 2.12. The van der Waals surface area contributed by atoms with Gasteiger partial charge in [-0.15, -0.1) is 5.10 Å². The lowest BCUT2D eigenvalue weighted by Crippen LogP contribution is -2.18. The lowest BCUT2D eigenvalue weighted by Gasteiger charge is -2.12. The molecule has 0 aliphatic rings. The van der Waals surface area contributed by atoms with Gasteiger partial charge in [0.1, 0.15) is 12.4 Å². The van der Waals surface area contributed by atoms with Gasteiger partial charge in [0, 0.05) is 12.3 Å². The number of nitrogens with one attached hydrogen (secondary N) is 1. The number of nitrogens with zero attached hydrogens (tertiary/aromatic N) is 5. The average Bonchev–Trinajstić information content (AvgIpc) is 3.13. The predicted octanol–water partition coefficient (Wildman–Crippen LogP) is 0.433. The highest BCUT2D eigenvalue weighted by Gasteiger charge is 2.15. The molecule has 1 aromatic carbocycles. The van der Waals surface area contributed by atoms with Gasteiger partial charge in [-0.25, -0.2) is 14.0 Å². The Morgan fingerprint density at radius 2 is 2.23 bits per heavy atom. The molecule has 0 saturated heterocycles. The molecule has 2 aromatic heterocycles. The molecule has 114 valence electrons. The van der Waals surface area contributed by atoms with Crippen molar-refractivity contribution in [2.24, 2.45) is 0 Å². The summed E-state index contributed by atoms with van der Waals surface area (Å²) in [6.07, 6.45) is 1.64. The van der Waals surface area contributed by atoms with Crippen molar-refractivity contribution in [3.63, 3.8) is 0 Å². The molecule has 0 atom stereocenters. The molecule has 3 aromatic rings. The number of aromatic amines is 1. The predicted molar refractivity (Wildman–Crippen MR) is 79.5 cm³/mol. The van der Waals surface area contributed by atoms with E-state index in [1.165, 1.54) is 11.2 Å². The van der Waals surface area contributed by atoms with Gasteiger partial charge in [-0.3, -0.25) is 0 Å². The molecule has 0 bridgehead atoms. The molecule has 9 nitrogen and oxygen atoms in total.